The molecule has 1 heterocycles. The Balaban J connectivity index is 1.86. The Bertz CT molecular complexity index is 697. The van der Waals surface area contributed by atoms with Gasteiger partial charge in [-0.1, -0.05) is 12.1 Å². The molecule has 4 heteroatoms. The van der Waals surface area contributed by atoms with Crippen molar-refractivity contribution in [2.24, 2.45) is 0 Å². The van der Waals surface area contributed by atoms with Gasteiger partial charge in [-0.05, 0) is 55.2 Å². The molecule has 0 aliphatic carbocycles. The summed E-state index contributed by atoms with van der Waals surface area (Å²) in [6.45, 7) is 2.63. The number of aryl methyl sites for hydroxylation is 1. The fourth-order valence-electron chi connectivity index (χ4n) is 2.56. The minimum Gasteiger partial charge on any atom is -0.385 e. The van der Waals surface area contributed by atoms with E-state index in [2.05, 4.69) is 10.6 Å². The molecule has 0 fully saturated rings. The molecule has 2 aromatic rings. The van der Waals surface area contributed by atoms with Gasteiger partial charge in [-0.15, -0.1) is 0 Å². The van der Waals surface area contributed by atoms with E-state index in [0.29, 0.717) is 11.1 Å². The zero-order chi connectivity index (χ0) is 14.8. The predicted octanol–water partition coefficient (Wildman–Crippen LogP) is 3.74. The van der Waals surface area contributed by atoms with E-state index in [0.717, 1.165) is 36.3 Å². The first-order valence-corrected chi connectivity index (χ1v) is 7.08. The minimum absolute atomic E-state index is 0.284. The summed E-state index contributed by atoms with van der Waals surface area (Å²) in [6, 6.07) is 10.3. The molecule has 2 aromatic carbocycles. The second-order valence-corrected chi connectivity index (χ2v) is 5.28. The Hall–Kier alpha value is -2.36. The fourth-order valence-corrected chi connectivity index (χ4v) is 2.56. The number of nitrogens with one attached hydrogen (secondary N) is 2. The zero-order valence-electron chi connectivity index (χ0n) is 11.9. The zero-order valence-corrected chi connectivity index (χ0v) is 11.9. The van der Waals surface area contributed by atoms with Crippen LogP contribution in [0.2, 0.25) is 0 Å². The molecule has 0 saturated carbocycles. The molecule has 1 aliphatic rings. The normalized spacial score (nSPS) is 13.2. The van der Waals surface area contributed by atoms with E-state index in [1.807, 2.05) is 18.2 Å². The van der Waals surface area contributed by atoms with Crippen molar-refractivity contribution in [3.05, 3.63) is 58.9 Å². The summed E-state index contributed by atoms with van der Waals surface area (Å²) in [4.78, 5) is 12.3. The predicted molar refractivity (Wildman–Crippen MR) is 82.3 cm³/mol. The maximum atomic E-state index is 13.6. The van der Waals surface area contributed by atoms with Gasteiger partial charge < -0.3 is 10.6 Å². The number of benzene rings is 2. The third kappa shape index (κ3) is 2.75. The van der Waals surface area contributed by atoms with Gasteiger partial charge in [0, 0.05) is 23.5 Å². The summed E-state index contributed by atoms with van der Waals surface area (Å²) < 4.78 is 13.6. The summed E-state index contributed by atoms with van der Waals surface area (Å²) in [5.74, 6) is -0.646. The van der Waals surface area contributed by atoms with Crippen LogP contribution in [0.25, 0.3) is 0 Å². The van der Waals surface area contributed by atoms with Crippen LogP contribution >= 0.6 is 0 Å². The van der Waals surface area contributed by atoms with Crippen molar-refractivity contribution in [3.8, 4) is 0 Å². The highest BCUT2D eigenvalue weighted by Crippen LogP contribution is 2.29. The summed E-state index contributed by atoms with van der Waals surface area (Å²) in [6.07, 6.45) is 1.97. The third-order valence-corrected chi connectivity index (χ3v) is 3.78. The van der Waals surface area contributed by atoms with Crippen LogP contribution in [0.3, 0.4) is 0 Å². The van der Waals surface area contributed by atoms with Crippen molar-refractivity contribution in [2.75, 3.05) is 17.2 Å². The topological polar surface area (TPSA) is 41.1 Å². The van der Waals surface area contributed by atoms with Crippen LogP contribution in [0, 0.1) is 12.7 Å². The molecule has 1 aliphatic heterocycles. The van der Waals surface area contributed by atoms with Gasteiger partial charge in [-0.3, -0.25) is 4.79 Å². The van der Waals surface area contributed by atoms with Crippen molar-refractivity contribution in [1.29, 1.82) is 0 Å². The number of halogens is 1. The molecule has 21 heavy (non-hydrogen) atoms. The average Bonchev–Trinajstić information content (AvgIpc) is 2.50. The summed E-state index contributed by atoms with van der Waals surface area (Å²) in [7, 11) is 0. The van der Waals surface area contributed by atoms with E-state index < -0.39 is 0 Å². The molecule has 108 valence electrons. The Kier molecular flexibility index (Phi) is 3.60. The van der Waals surface area contributed by atoms with Crippen molar-refractivity contribution < 1.29 is 9.18 Å². The highest BCUT2D eigenvalue weighted by molar-refractivity contribution is 6.05. The number of rotatable bonds is 2. The van der Waals surface area contributed by atoms with Crippen LogP contribution in [0.5, 0.6) is 0 Å². The molecule has 0 unspecified atom stereocenters. The van der Waals surface area contributed by atoms with Crippen LogP contribution in [-0.4, -0.2) is 12.5 Å². The van der Waals surface area contributed by atoms with E-state index in [1.54, 1.807) is 19.1 Å². The second kappa shape index (κ2) is 5.56. The quantitative estimate of drug-likeness (QED) is 0.882. The Morgan fingerprint density at radius 1 is 1.29 bits per heavy atom. The van der Waals surface area contributed by atoms with Crippen LogP contribution in [-0.2, 0) is 6.42 Å². The molecular weight excluding hydrogens is 267 g/mol. The standard InChI is InChI=1S/C17H17FN2O/c1-11-7-8-12(10-14(11)18)17(21)20-16-6-2-5-15-13(16)4-3-9-19-15/h2,5-8,10,19H,3-4,9H2,1H3,(H,20,21). The van der Waals surface area contributed by atoms with Gasteiger partial charge >= 0.3 is 0 Å². The molecule has 1 amide bonds. The van der Waals surface area contributed by atoms with Gasteiger partial charge in [0.05, 0.1) is 0 Å². The lowest BCUT2D eigenvalue weighted by Crippen LogP contribution is -2.17. The minimum atomic E-state index is -0.362. The number of hydrogen-bond acceptors (Lipinski definition) is 2. The van der Waals surface area contributed by atoms with Crippen LogP contribution < -0.4 is 10.6 Å². The molecule has 0 bridgehead atoms. The number of anilines is 2. The number of hydrogen-bond donors (Lipinski definition) is 2. The first kappa shape index (κ1) is 13.6. The van der Waals surface area contributed by atoms with Crippen LogP contribution in [0.1, 0.15) is 27.9 Å². The first-order valence-electron chi connectivity index (χ1n) is 7.08. The third-order valence-electron chi connectivity index (χ3n) is 3.78. The number of carbonyl (C=O) groups is 1. The summed E-state index contributed by atoms with van der Waals surface area (Å²) >= 11 is 0. The van der Waals surface area contributed by atoms with Crippen molar-refractivity contribution in [3.63, 3.8) is 0 Å². The fraction of sp³-hybridized carbons (Fsp3) is 0.235. The van der Waals surface area contributed by atoms with E-state index >= 15 is 0 Å². The molecule has 2 N–H and O–H groups in total. The van der Waals surface area contributed by atoms with Gasteiger partial charge in [0.25, 0.3) is 5.91 Å². The molecule has 0 radical (unpaired) electrons. The Morgan fingerprint density at radius 2 is 2.14 bits per heavy atom. The Labute approximate surface area is 123 Å². The molecule has 0 saturated heterocycles. The second-order valence-electron chi connectivity index (χ2n) is 5.28. The lowest BCUT2D eigenvalue weighted by atomic mass is 10.0. The molecular formula is C17H17FN2O. The van der Waals surface area contributed by atoms with E-state index in [9.17, 15) is 9.18 Å². The number of fused-ring (bicyclic) bond motifs is 1. The molecule has 3 nitrogen and oxygen atoms in total. The van der Waals surface area contributed by atoms with Crippen LogP contribution in [0.15, 0.2) is 36.4 Å². The first-order chi connectivity index (χ1) is 10.1. The van der Waals surface area contributed by atoms with E-state index in [1.165, 1.54) is 6.07 Å². The smallest absolute Gasteiger partial charge is 0.255 e. The summed E-state index contributed by atoms with van der Waals surface area (Å²) in [5, 5.41) is 6.21. The molecule has 0 atom stereocenters. The van der Waals surface area contributed by atoms with Gasteiger partial charge in [-0.2, -0.15) is 0 Å². The molecule has 3 rings (SSSR count). The van der Waals surface area contributed by atoms with Gasteiger partial charge in [0.2, 0.25) is 0 Å². The average molecular weight is 284 g/mol. The Morgan fingerprint density at radius 3 is 2.95 bits per heavy atom. The monoisotopic (exact) mass is 284 g/mol. The number of amides is 1. The maximum Gasteiger partial charge on any atom is 0.255 e. The van der Waals surface area contributed by atoms with Gasteiger partial charge in [-0.25, -0.2) is 4.39 Å². The lowest BCUT2D eigenvalue weighted by molar-refractivity contribution is 0.102. The SMILES string of the molecule is Cc1ccc(C(=O)Nc2cccc3c2CCCN3)cc1F. The van der Waals surface area contributed by atoms with E-state index in [-0.39, 0.29) is 11.7 Å². The highest BCUT2D eigenvalue weighted by atomic mass is 19.1. The largest absolute Gasteiger partial charge is 0.385 e. The summed E-state index contributed by atoms with van der Waals surface area (Å²) in [5.41, 5.74) is 3.84. The van der Waals surface area contributed by atoms with Gasteiger partial charge in [0.1, 0.15) is 5.82 Å². The van der Waals surface area contributed by atoms with Crippen molar-refractivity contribution in [1.82, 2.24) is 0 Å². The van der Waals surface area contributed by atoms with Gasteiger partial charge in [0.15, 0.2) is 0 Å². The van der Waals surface area contributed by atoms with Crippen molar-refractivity contribution >= 4 is 17.3 Å². The lowest BCUT2D eigenvalue weighted by Gasteiger charge is -2.21. The maximum absolute atomic E-state index is 13.6. The molecule has 0 spiro atoms. The molecule has 0 aromatic heterocycles. The van der Waals surface area contributed by atoms with E-state index in [4.69, 9.17) is 0 Å². The van der Waals surface area contributed by atoms with Crippen LogP contribution in [0.4, 0.5) is 15.8 Å². The highest BCUT2D eigenvalue weighted by Gasteiger charge is 2.15. The number of carbonyl (C=O) groups excluding carboxylic acids is 1. The van der Waals surface area contributed by atoms with Crippen molar-refractivity contribution in [2.45, 2.75) is 19.8 Å².